The molecule has 0 radical (unpaired) electrons. The minimum absolute atomic E-state index is 0.202. The molecule has 1 aromatic carbocycles. The maximum atomic E-state index is 10.9. The number of carbonyl (C=O) groups is 1. The van der Waals surface area contributed by atoms with E-state index < -0.39 is 5.97 Å². The van der Waals surface area contributed by atoms with Crippen molar-refractivity contribution in [2.45, 2.75) is 6.61 Å². The van der Waals surface area contributed by atoms with Crippen LogP contribution in [0.25, 0.3) is 0 Å². The highest BCUT2D eigenvalue weighted by molar-refractivity contribution is 9.10. The molecule has 0 unspecified atom stereocenters. The molecule has 17 heavy (non-hydrogen) atoms. The maximum Gasteiger partial charge on any atom is 0.336 e. The van der Waals surface area contributed by atoms with Crippen LogP contribution in [0.5, 0.6) is 5.75 Å². The van der Waals surface area contributed by atoms with Gasteiger partial charge in [-0.2, -0.15) is 0 Å². The molecule has 0 bridgehead atoms. The van der Waals surface area contributed by atoms with Crippen molar-refractivity contribution in [3.05, 3.63) is 50.6 Å². The summed E-state index contributed by atoms with van der Waals surface area (Å²) in [6, 6.07) is 8.85. The second-order valence-electron chi connectivity index (χ2n) is 3.31. The molecule has 0 spiro atoms. The van der Waals surface area contributed by atoms with Crippen molar-refractivity contribution in [3.8, 4) is 5.75 Å². The fourth-order valence-electron chi connectivity index (χ4n) is 1.31. The molecule has 0 aliphatic rings. The van der Waals surface area contributed by atoms with E-state index in [9.17, 15) is 4.79 Å². The van der Waals surface area contributed by atoms with E-state index in [0.717, 1.165) is 4.88 Å². The lowest BCUT2D eigenvalue weighted by Crippen LogP contribution is -1.99. The average molecular weight is 313 g/mol. The largest absolute Gasteiger partial charge is 0.488 e. The van der Waals surface area contributed by atoms with Crippen LogP contribution in [0.15, 0.2) is 40.2 Å². The van der Waals surface area contributed by atoms with Crippen molar-refractivity contribution >= 4 is 33.2 Å². The highest BCUT2D eigenvalue weighted by Crippen LogP contribution is 2.23. The van der Waals surface area contributed by atoms with Crippen molar-refractivity contribution < 1.29 is 14.6 Å². The van der Waals surface area contributed by atoms with E-state index in [0.29, 0.717) is 16.8 Å². The lowest BCUT2D eigenvalue weighted by atomic mass is 10.2. The van der Waals surface area contributed by atoms with Gasteiger partial charge in [-0.1, -0.05) is 6.07 Å². The third-order valence-corrected chi connectivity index (χ3v) is 3.67. The number of benzene rings is 1. The molecular formula is C12H9BrO3S. The van der Waals surface area contributed by atoms with Gasteiger partial charge < -0.3 is 9.84 Å². The van der Waals surface area contributed by atoms with Gasteiger partial charge in [-0.05, 0) is 45.6 Å². The number of aromatic carboxylic acids is 1. The number of carboxylic acids is 1. The summed E-state index contributed by atoms with van der Waals surface area (Å²) in [5.74, 6) is -0.419. The Morgan fingerprint density at radius 1 is 1.41 bits per heavy atom. The van der Waals surface area contributed by atoms with Crippen LogP contribution in [0.3, 0.4) is 0 Å². The first-order valence-electron chi connectivity index (χ1n) is 4.85. The first-order chi connectivity index (χ1) is 8.16. The molecule has 0 atom stereocenters. The van der Waals surface area contributed by atoms with E-state index in [1.807, 2.05) is 17.5 Å². The Bertz CT molecular complexity index is 523. The zero-order chi connectivity index (χ0) is 12.3. The summed E-state index contributed by atoms with van der Waals surface area (Å²) in [5, 5.41) is 10.9. The highest BCUT2D eigenvalue weighted by atomic mass is 79.9. The SMILES string of the molecule is O=C(O)c1cc(OCc2cccs2)ccc1Br. The molecule has 2 aromatic rings. The van der Waals surface area contributed by atoms with Gasteiger partial charge in [0.25, 0.3) is 0 Å². The number of thiophene rings is 1. The van der Waals surface area contributed by atoms with Gasteiger partial charge in [0.2, 0.25) is 0 Å². The summed E-state index contributed by atoms with van der Waals surface area (Å²) in [5.41, 5.74) is 0.202. The smallest absolute Gasteiger partial charge is 0.336 e. The molecule has 1 aromatic heterocycles. The van der Waals surface area contributed by atoms with E-state index in [2.05, 4.69) is 15.9 Å². The molecule has 3 nitrogen and oxygen atoms in total. The van der Waals surface area contributed by atoms with Gasteiger partial charge in [-0.3, -0.25) is 0 Å². The first kappa shape index (κ1) is 12.1. The summed E-state index contributed by atoms with van der Waals surface area (Å²) >= 11 is 4.79. The van der Waals surface area contributed by atoms with Crippen LogP contribution >= 0.6 is 27.3 Å². The minimum atomic E-state index is -0.974. The normalized spacial score (nSPS) is 10.2. The van der Waals surface area contributed by atoms with Gasteiger partial charge in [0.15, 0.2) is 0 Å². The molecule has 0 fully saturated rings. The third kappa shape index (κ3) is 3.08. The predicted molar refractivity (Wildman–Crippen MR) is 69.8 cm³/mol. The molecule has 0 aliphatic heterocycles. The molecule has 88 valence electrons. The topological polar surface area (TPSA) is 46.5 Å². The molecular weight excluding hydrogens is 304 g/mol. The van der Waals surface area contributed by atoms with Crippen molar-refractivity contribution in [3.63, 3.8) is 0 Å². The number of rotatable bonds is 4. The third-order valence-electron chi connectivity index (χ3n) is 2.13. The van der Waals surface area contributed by atoms with Crippen molar-refractivity contribution in [2.24, 2.45) is 0 Å². The number of hydrogen-bond acceptors (Lipinski definition) is 3. The van der Waals surface area contributed by atoms with E-state index in [1.165, 1.54) is 6.07 Å². The molecule has 0 aliphatic carbocycles. The Kier molecular flexibility index (Phi) is 3.81. The number of ether oxygens (including phenoxy) is 1. The molecule has 0 saturated carbocycles. The molecule has 5 heteroatoms. The lowest BCUT2D eigenvalue weighted by molar-refractivity contribution is 0.0695. The Balaban J connectivity index is 2.11. The van der Waals surface area contributed by atoms with Gasteiger partial charge in [0.1, 0.15) is 12.4 Å². The lowest BCUT2D eigenvalue weighted by Gasteiger charge is -2.06. The maximum absolute atomic E-state index is 10.9. The van der Waals surface area contributed by atoms with Crippen molar-refractivity contribution in [1.82, 2.24) is 0 Å². The molecule has 1 N–H and O–H groups in total. The fourth-order valence-corrected chi connectivity index (χ4v) is 2.34. The summed E-state index contributed by atoms with van der Waals surface area (Å²) in [6.45, 7) is 0.457. The molecule has 2 rings (SSSR count). The summed E-state index contributed by atoms with van der Waals surface area (Å²) in [4.78, 5) is 12.0. The fraction of sp³-hybridized carbons (Fsp3) is 0.0833. The molecule has 0 amide bonds. The average Bonchev–Trinajstić information content (AvgIpc) is 2.80. The Morgan fingerprint density at radius 2 is 2.24 bits per heavy atom. The summed E-state index contributed by atoms with van der Waals surface area (Å²) in [6.07, 6.45) is 0. The van der Waals surface area contributed by atoms with Crippen molar-refractivity contribution in [2.75, 3.05) is 0 Å². The zero-order valence-electron chi connectivity index (χ0n) is 8.72. The monoisotopic (exact) mass is 312 g/mol. The standard InChI is InChI=1S/C12H9BrO3S/c13-11-4-3-8(6-10(11)12(14)15)16-7-9-2-1-5-17-9/h1-6H,7H2,(H,14,15). The van der Waals surface area contributed by atoms with Gasteiger partial charge in [0, 0.05) is 9.35 Å². The van der Waals surface area contributed by atoms with Gasteiger partial charge >= 0.3 is 5.97 Å². The van der Waals surface area contributed by atoms with Crippen LogP contribution < -0.4 is 4.74 Å². The van der Waals surface area contributed by atoms with Gasteiger partial charge in [-0.25, -0.2) is 4.79 Å². The number of carboxylic acid groups (broad SMARTS) is 1. The molecule has 0 saturated heterocycles. The van der Waals surface area contributed by atoms with E-state index in [4.69, 9.17) is 9.84 Å². The van der Waals surface area contributed by atoms with E-state index in [-0.39, 0.29) is 5.56 Å². The number of hydrogen-bond donors (Lipinski definition) is 1. The summed E-state index contributed by atoms with van der Waals surface area (Å²) < 4.78 is 6.07. The van der Waals surface area contributed by atoms with Gasteiger partial charge in [0.05, 0.1) is 5.56 Å². The van der Waals surface area contributed by atoms with Crippen LogP contribution in [0.1, 0.15) is 15.2 Å². The van der Waals surface area contributed by atoms with Crippen molar-refractivity contribution in [1.29, 1.82) is 0 Å². The van der Waals surface area contributed by atoms with Crippen LogP contribution in [-0.4, -0.2) is 11.1 Å². The second-order valence-corrected chi connectivity index (χ2v) is 5.20. The van der Waals surface area contributed by atoms with Gasteiger partial charge in [-0.15, -0.1) is 11.3 Å². The van der Waals surface area contributed by atoms with Crippen LogP contribution in [-0.2, 0) is 6.61 Å². The quantitative estimate of drug-likeness (QED) is 0.934. The van der Waals surface area contributed by atoms with E-state index >= 15 is 0 Å². The Morgan fingerprint density at radius 3 is 2.88 bits per heavy atom. The minimum Gasteiger partial charge on any atom is -0.488 e. The number of halogens is 1. The van der Waals surface area contributed by atoms with Crippen LogP contribution in [0, 0.1) is 0 Å². The Labute approximate surface area is 111 Å². The molecule has 1 heterocycles. The van der Waals surface area contributed by atoms with E-state index in [1.54, 1.807) is 23.5 Å². The van der Waals surface area contributed by atoms with Crippen LogP contribution in [0.4, 0.5) is 0 Å². The second kappa shape index (κ2) is 5.33. The zero-order valence-corrected chi connectivity index (χ0v) is 11.1. The van der Waals surface area contributed by atoms with Crippen LogP contribution in [0.2, 0.25) is 0 Å². The summed E-state index contributed by atoms with van der Waals surface area (Å²) in [7, 11) is 0. The Hall–Kier alpha value is -1.33. The highest BCUT2D eigenvalue weighted by Gasteiger charge is 2.09. The first-order valence-corrected chi connectivity index (χ1v) is 6.52. The predicted octanol–water partition coefficient (Wildman–Crippen LogP) is 3.79.